The number of hydrogen-bond acceptors (Lipinski definition) is 3. The molecule has 0 aromatic heterocycles. The van der Waals surface area contributed by atoms with Gasteiger partial charge in [0.25, 0.3) is 0 Å². The normalized spacial score (nSPS) is 9.83. The lowest BCUT2D eigenvalue weighted by atomic mass is 10.1. The van der Waals surface area contributed by atoms with Crippen LogP contribution in [0.4, 0.5) is 5.69 Å². The molecule has 2 aromatic carbocycles. The van der Waals surface area contributed by atoms with Crippen LogP contribution in [-0.2, 0) is 16.0 Å². The number of hydrogen-bond donors (Lipinski definition) is 1. The van der Waals surface area contributed by atoms with Crippen molar-refractivity contribution >= 4 is 17.5 Å². The summed E-state index contributed by atoms with van der Waals surface area (Å²) in [5.74, 6) is -0.430. The molecule has 1 N–H and O–H groups in total. The molecule has 0 aliphatic heterocycles. The van der Waals surface area contributed by atoms with Gasteiger partial charge in [-0.15, -0.1) is 0 Å². The first kappa shape index (κ1) is 17.2. The van der Waals surface area contributed by atoms with Crippen molar-refractivity contribution in [2.75, 3.05) is 18.4 Å². The summed E-state index contributed by atoms with van der Waals surface area (Å²) in [4.78, 5) is 25.4. The zero-order valence-corrected chi connectivity index (χ0v) is 13.5. The number of benzene rings is 2. The van der Waals surface area contributed by atoms with Gasteiger partial charge in [0.2, 0.25) is 11.8 Å². The van der Waals surface area contributed by atoms with Gasteiger partial charge in [-0.2, -0.15) is 5.26 Å². The molecule has 0 spiro atoms. The lowest BCUT2D eigenvalue weighted by molar-refractivity contribution is -0.132. The minimum atomic E-state index is -0.284. The molecule has 5 nitrogen and oxygen atoms in total. The number of amides is 2. The van der Waals surface area contributed by atoms with E-state index in [1.54, 1.807) is 24.3 Å². The first-order chi connectivity index (χ1) is 11.6. The molecule has 0 fully saturated rings. The third-order valence-corrected chi connectivity index (χ3v) is 3.57. The first-order valence-electron chi connectivity index (χ1n) is 7.68. The molecule has 2 aromatic rings. The Kier molecular flexibility index (Phi) is 6.09. The van der Waals surface area contributed by atoms with E-state index < -0.39 is 0 Å². The smallest absolute Gasteiger partial charge is 0.243 e. The second-order valence-corrected chi connectivity index (χ2v) is 5.42. The standard InChI is InChI=1S/C19H19N3O2/c1-15(23)22(11-10-16-6-3-2-4-7-16)14-19(24)21-18-9-5-8-17(12-18)13-20/h2-9,12H,10-11,14H2,1H3,(H,21,24). The second-order valence-electron chi connectivity index (χ2n) is 5.42. The highest BCUT2D eigenvalue weighted by Crippen LogP contribution is 2.10. The fraction of sp³-hybridized carbons (Fsp3) is 0.211. The molecule has 0 atom stereocenters. The fourth-order valence-electron chi connectivity index (χ4n) is 2.30. The van der Waals surface area contributed by atoms with E-state index in [2.05, 4.69) is 5.32 Å². The van der Waals surface area contributed by atoms with E-state index in [1.165, 1.54) is 11.8 Å². The summed E-state index contributed by atoms with van der Waals surface area (Å²) in [7, 11) is 0. The molecule has 0 unspecified atom stereocenters. The van der Waals surface area contributed by atoms with Crippen molar-refractivity contribution in [3.05, 3.63) is 65.7 Å². The maximum atomic E-state index is 12.2. The van der Waals surface area contributed by atoms with Gasteiger partial charge in [0, 0.05) is 19.2 Å². The topological polar surface area (TPSA) is 73.2 Å². The molecule has 2 amide bonds. The van der Waals surface area contributed by atoms with Gasteiger partial charge >= 0.3 is 0 Å². The van der Waals surface area contributed by atoms with Crippen LogP contribution in [0.1, 0.15) is 18.1 Å². The van der Waals surface area contributed by atoms with Crippen LogP contribution in [0.5, 0.6) is 0 Å². The van der Waals surface area contributed by atoms with Crippen molar-refractivity contribution in [1.29, 1.82) is 5.26 Å². The van der Waals surface area contributed by atoms with Gasteiger partial charge in [0.05, 0.1) is 18.2 Å². The highest BCUT2D eigenvalue weighted by molar-refractivity contribution is 5.94. The third kappa shape index (κ3) is 5.25. The molecule has 5 heteroatoms. The molecular formula is C19H19N3O2. The summed E-state index contributed by atoms with van der Waals surface area (Å²) in [6.45, 7) is 1.92. The summed E-state index contributed by atoms with van der Waals surface area (Å²) in [6.07, 6.45) is 0.692. The molecular weight excluding hydrogens is 302 g/mol. The number of nitrogens with one attached hydrogen (secondary N) is 1. The summed E-state index contributed by atoms with van der Waals surface area (Å²) < 4.78 is 0. The van der Waals surface area contributed by atoms with Crippen LogP contribution in [0.2, 0.25) is 0 Å². The van der Waals surface area contributed by atoms with Crippen LogP contribution in [0.25, 0.3) is 0 Å². The van der Waals surface area contributed by atoms with E-state index in [-0.39, 0.29) is 18.4 Å². The number of nitrogens with zero attached hydrogens (tertiary/aromatic N) is 2. The Morgan fingerprint density at radius 1 is 1.12 bits per heavy atom. The quantitative estimate of drug-likeness (QED) is 0.889. The molecule has 122 valence electrons. The molecule has 24 heavy (non-hydrogen) atoms. The Morgan fingerprint density at radius 2 is 1.88 bits per heavy atom. The lowest BCUT2D eigenvalue weighted by Crippen LogP contribution is -2.38. The zero-order valence-electron chi connectivity index (χ0n) is 13.5. The van der Waals surface area contributed by atoms with E-state index in [9.17, 15) is 9.59 Å². The third-order valence-electron chi connectivity index (χ3n) is 3.57. The maximum absolute atomic E-state index is 12.2. The predicted molar refractivity (Wildman–Crippen MR) is 92.2 cm³/mol. The van der Waals surface area contributed by atoms with Gasteiger partial charge in [-0.05, 0) is 30.2 Å². The van der Waals surface area contributed by atoms with Gasteiger partial charge in [-0.1, -0.05) is 36.4 Å². The first-order valence-corrected chi connectivity index (χ1v) is 7.68. The van der Waals surface area contributed by atoms with E-state index in [4.69, 9.17) is 5.26 Å². The SMILES string of the molecule is CC(=O)N(CCc1ccccc1)CC(=O)Nc1cccc(C#N)c1. The van der Waals surface area contributed by atoms with Crippen molar-refractivity contribution < 1.29 is 9.59 Å². The minimum absolute atomic E-state index is 0.0149. The van der Waals surface area contributed by atoms with Crippen molar-refractivity contribution in [2.45, 2.75) is 13.3 Å². The van der Waals surface area contributed by atoms with Crippen LogP contribution >= 0.6 is 0 Å². The maximum Gasteiger partial charge on any atom is 0.243 e. The highest BCUT2D eigenvalue weighted by atomic mass is 16.2. The number of carbonyl (C=O) groups is 2. The van der Waals surface area contributed by atoms with Gasteiger partial charge in [-0.25, -0.2) is 0 Å². The number of nitriles is 1. The van der Waals surface area contributed by atoms with E-state index in [0.717, 1.165) is 5.56 Å². The van der Waals surface area contributed by atoms with Gasteiger partial charge in [0.1, 0.15) is 0 Å². The Bertz CT molecular complexity index is 751. The highest BCUT2D eigenvalue weighted by Gasteiger charge is 2.14. The number of rotatable bonds is 6. The summed E-state index contributed by atoms with van der Waals surface area (Å²) in [6, 6.07) is 18.5. The monoisotopic (exact) mass is 321 g/mol. The average Bonchev–Trinajstić information content (AvgIpc) is 2.59. The molecule has 2 rings (SSSR count). The summed E-state index contributed by atoms with van der Waals surface area (Å²) >= 11 is 0. The number of anilines is 1. The lowest BCUT2D eigenvalue weighted by Gasteiger charge is -2.20. The Balaban J connectivity index is 1.93. The van der Waals surface area contributed by atoms with Crippen LogP contribution in [-0.4, -0.2) is 29.8 Å². The Morgan fingerprint density at radius 3 is 2.54 bits per heavy atom. The van der Waals surface area contributed by atoms with E-state index in [0.29, 0.717) is 24.2 Å². The van der Waals surface area contributed by atoms with Crippen molar-refractivity contribution in [3.63, 3.8) is 0 Å². The van der Waals surface area contributed by atoms with E-state index >= 15 is 0 Å². The summed E-state index contributed by atoms with van der Waals surface area (Å²) in [5, 5.41) is 11.6. The van der Waals surface area contributed by atoms with Crippen LogP contribution in [0.3, 0.4) is 0 Å². The fourth-order valence-corrected chi connectivity index (χ4v) is 2.30. The van der Waals surface area contributed by atoms with Crippen LogP contribution < -0.4 is 5.32 Å². The molecule has 0 saturated heterocycles. The van der Waals surface area contributed by atoms with Crippen LogP contribution in [0.15, 0.2) is 54.6 Å². The van der Waals surface area contributed by atoms with Crippen LogP contribution in [0, 0.1) is 11.3 Å². The largest absolute Gasteiger partial charge is 0.333 e. The van der Waals surface area contributed by atoms with Crippen molar-refractivity contribution in [3.8, 4) is 6.07 Å². The summed E-state index contributed by atoms with van der Waals surface area (Å²) in [5.41, 5.74) is 2.14. The molecule has 0 bridgehead atoms. The predicted octanol–water partition coefficient (Wildman–Crippen LogP) is 2.59. The molecule has 0 radical (unpaired) electrons. The average molecular weight is 321 g/mol. The van der Waals surface area contributed by atoms with Crippen molar-refractivity contribution in [2.24, 2.45) is 0 Å². The molecule has 0 saturated carbocycles. The Hall–Kier alpha value is -3.13. The number of carbonyl (C=O) groups excluding carboxylic acids is 2. The van der Waals surface area contributed by atoms with Crippen molar-refractivity contribution in [1.82, 2.24) is 4.90 Å². The second kappa shape index (κ2) is 8.49. The molecule has 0 heterocycles. The van der Waals surface area contributed by atoms with Gasteiger partial charge in [-0.3, -0.25) is 9.59 Å². The van der Waals surface area contributed by atoms with Gasteiger partial charge < -0.3 is 10.2 Å². The zero-order chi connectivity index (χ0) is 17.4. The van der Waals surface area contributed by atoms with E-state index in [1.807, 2.05) is 36.4 Å². The van der Waals surface area contributed by atoms with Gasteiger partial charge in [0.15, 0.2) is 0 Å². The molecule has 0 aliphatic rings. The minimum Gasteiger partial charge on any atom is -0.333 e. The molecule has 0 aliphatic carbocycles. The Labute approximate surface area is 141 Å².